The van der Waals surface area contributed by atoms with Crippen LogP contribution >= 0.6 is 0 Å². The second-order valence-electron chi connectivity index (χ2n) is 1.34. The normalized spacial score (nSPS) is 6.67. The second kappa shape index (κ2) is 6.34. The van der Waals surface area contributed by atoms with Gasteiger partial charge in [-0.1, -0.05) is 18.2 Å². The summed E-state index contributed by atoms with van der Waals surface area (Å²) < 4.78 is 0. The summed E-state index contributed by atoms with van der Waals surface area (Å²) in [5, 5.41) is 8.63. The van der Waals surface area contributed by atoms with Gasteiger partial charge in [0.15, 0.2) is 0 Å². The van der Waals surface area contributed by atoms with Crippen molar-refractivity contribution in [1.29, 1.82) is 0 Å². The number of rotatable bonds is 0. The number of aromatic hydroxyl groups is 1. The first kappa shape index (κ1) is 11.9. The number of para-hydroxylation sites is 1. The van der Waals surface area contributed by atoms with Crippen LogP contribution in [0.4, 0.5) is 0 Å². The molecule has 3 heteroatoms. The van der Waals surface area contributed by atoms with E-state index in [2.05, 4.69) is 0 Å². The van der Waals surface area contributed by atoms with Crippen molar-refractivity contribution in [2.45, 2.75) is 0 Å². The third-order valence-electron chi connectivity index (χ3n) is 0.756. The molecule has 0 atom stereocenters. The molecule has 1 aromatic rings. The van der Waals surface area contributed by atoms with Crippen molar-refractivity contribution in [2.75, 3.05) is 0 Å². The molecule has 0 bridgehead atoms. The van der Waals surface area contributed by atoms with E-state index in [1.54, 1.807) is 24.3 Å². The molecule has 1 aromatic carbocycles. The molecule has 1 N–H and O–H groups in total. The van der Waals surface area contributed by atoms with E-state index in [9.17, 15) is 0 Å². The van der Waals surface area contributed by atoms with Gasteiger partial charge >= 0.3 is 0 Å². The van der Waals surface area contributed by atoms with Crippen LogP contribution in [0.25, 0.3) is 0 Å². The minimum atomic E-state index is 0. The molecule has 0 fully saturated rings. The minimum absolute atomic E-state index is 0. The summed E-state index contributed by atoms with van der Waals surface area (Å²) in [4.78, 5) is 0. The van der Waals surface area contributed by atoms with Crippen LogP contribution in [0.5, 0.6) is 5.75 Å². The third kappa shape index (κ3) is 4.70. The van der Waals surface area contributed by atoms with E-state index >= 15 is 0 Å². The zero-order chi connectivity index (χ0) is 5.11. The Labute approximate surface area is 78.8 Å². The summed E-state index contributed by atoms with van der Waals surface area (Å²) in [5.41, 5.74) is 0. The summed E-state index contributed by atoms with van der Waals surface area (Å²) in [6.45, 7) is 0. The predicted molar refractivity (Wildman–Crippen MR) is 39.6 cm³/mol. The van der Waals surface area contributed by atoms with Crippen molar-refractivity contribution >= 4 is 37.7 Å². The van der Waals surface area contributed by atoms with E-state index in [1.165, 1.54) is 0 Å². The molecule has 0 aromatic heterocycles. The fraction of sp³-hybridized carbons (Fsp3) is 0. The molecule has 0 saturated heterocycles. The number of benzene rings is 1. The van der Waals surface area contributed by atoms with Gasteiger partial charge in [0.1, 0.15) is 5.75 Å². The van der Waals surface area contributed by atoms with Gasteiger partial charge in [-0.15, -0.1) is 0 Å². The summed E-state index contributed by atoms with van der Waals surface area (Å²) in [6, 6.07) is 8.71. The molecule has 1 rings (SSSR count). The van der Waals surface area contributed by atoms with E-state index in [0.29, 0.717) is 5.75 Å². The molecule has 0 spiro atoms. The molecule has 0 heterocycles. The molecule has 0 saturated carbocycles. The van der Waals surface area contributed by atoms with Crippen LogP contribution in [0, 0.1) is 0 Å². The number of hydrogen-bond donors (Lipinski definition) is 1. The first-order valence-corrected chi connectivity index (χ1v) is 2.13. The van der Waals surface area contributed by atoms with E-state index in [-0.39, 0.29) is 37.7 Å². The molecular formula is C6H6Li2O. The number of phenols is 1. The average molecular weight is 108 g/mol. The summed E-state index contributed by atoms with van der Waals surface area (Å²) in [5.74, 6) is 0.322. The zero-order valence-corrected chi connectivity index (χ0v) is 5.83. The van der Waals surface area contributed by atoms with Gasteiger partial charge < -0.3 is 5.11 Å². The van der Waals surface area contributed by atoms with Crippen LogP contribution in [-0.2, 0) is 0 Å². The quantitative estimate of drug-likeness (QED) is 0.483. The van der Waals surface area contributed by atoms with Gasteiger partial charge in [-0.3, -0.25) is 0 Å². The molecule has 2 radical (unpaired) electrons. The maximum Gasteiger partial charge on any atom is 0.115 e. The Balaban J connectivity index is 0. The van der Waals surface area contributed by atoms with Crippen LogP contribution < -0.4 is 0 Å². The molecule has 38 valence electrons. The number of phenolic OH excluding ortho intramolecular Hbond substituents is 1. The van der Waals surface area contributed by atoms with Gasteiger partial charge in [0.05, 0.1) is 0 Å². The molecule has 1 nitrogen and oxygen atoms in total. The average Bonchev–Trinajstić information content (AvgIpc) is 1.69. The van der Waals surface area contributed by atoms with E-state index in [0.717, 1.165) is 0 Å². The van der Waals surface area contributed by atoms with Crippen LogP contribution in [0.1, 0.15) is 0 Å². The van der Waals surface area contributed by atoms with Crippen molar-refractivity contribution in [3.8, 4) is 5.75 Å². The molecule has 0 amide bonds. The van der Waals surface area contributed by atoms with Crippen LogP contribution in [0.3, 0.4) is 0 Å². The van der Waals surface area contributed by atoms with Crippen LogP contribution in [0.2, 0.25) is 0 Å². The minimum Gasteiger partial charge on any atom is -0.508 e. The maximum absolute atomic E-state index is 8.63. The number of hydrogen-bond acceptors (Lipinski definition) is 1. The molecule has 0 unspecified atom stereocenters. The Morgan fingerprint density at radius 1 is 0.889 bits per heavy atom. The van der Waals surface area contributed by atoms with Gasteiger partial charge in [0.25, 0.3) is 0 Å². The largest absolute Gasteiger partial charge is 0.508 e. The van der Waals surface area contributed by atoms with Crippen molar-refractivity contribution in [3.63, 3.8) is 0 Å². The Bertz CT molecular complexity index is 141. The van der Waals surface area contributed by atoms with E-state index in [4.69, 9.17) is 5.11 Å². The van der Waals surface area contributed by atoms with Gasteiger partial charge in [-0.05, 0) is 12.1 Å². The molecule has 0 aliphatic heterocycles. The topological polar surface area (TPSA) is 20.2 Å². The predicted octanol–water partition coefficient (Wildman–Crippen LogP) is 0.631. The fourth-order valence-corrected chi connectivity index (χ4v) is 0.428. The van der Waals surface area contributed by atoms with Crippen LogP contribution in [-0.4, -0.2) is 42.8 Å². The van der Waals surface area contributed by atoms with Crippen molar-refractivity contribution in [3.05, 3.63) is 30.3 Å². The standard InChI is InChI=1S/C6H6O.2Li/c7-6-4-2-1-3-5-6;;/h1-5,7H;;. The third-order valence-corrected chi connectivity index (χ3v) is 0.756. The van der Waals surface area contributed by atoms with Gasteiger partial charge in [-0.25, -0.2) is 0 Å². The second-order valence-corrected chi connectivity index (χ2v) is 1.34. The Kier molecular flexibility index (Phi) is 8.41. The smallest absolute Gasteiger partial charge is 0.115 e. The van der Waals surface area contributed by atoms with Crippen molar-refractivity contribution in [1.82, 2.24) is 0 Å². The maximum atomic E-state index is 8.63. The molecular weight excluding hydrogens is 102 g/mol. The SMILES string of the molecule is Oc1ccccc1.[Li].[Li]. The van der Waals surface area contributed by atoms with Gasteiger partial charge in [0.2, 0.25) is 0 Å². The van der Waals surface area contributed by atoms with Crippen molar-refractivity contribution in [2.24, 2.45) is 0 Å². The Hall–Kier alpha value is 0.215. The summed E-state index contributed by atoms with van der Waals surface area (Å²) in [7, 11) is 0. The van der Waals surface area contributed by atoms with Crippen molar-refractivity contribution < 1.29 is 5.11 Å². The Morgan fingerprint density at radius 3 is 1.56 bits per heavy atom. The van der Waals surface area contributed by atoms with Crippen LogP contribution in [0.15, 0.2) is 30.3 Å². The molecule has 9 heavy (non-hydrogen) atoms. The first-order chi connectivity index (χ1) is 3.39. The van der Waals surface area contributed by atoms with E-state index in [1.807, 2.05) is 6.07 Å². The monoisotopic (exact) mass is 108 g/mol. The molecule has 0 aliphatic carbocycles. The zero-order valence-electron chi connectivity index (χ0n) is 5.83. The van der Waals surface area contributed by atoms with Gasteiger partial charge in [-0.2, -0.15) is 0 Å². The summed E-state index contributed by atoms with van der Waals surface area (Å²) >= 11 is 0. The summed E-state index contributed by atoms with van der Waals surface area (Å²) in [6.07, 6.45) is 0. The first-order valence-electron chi connectivity index (χ1n) is 2.13. The Morgan fingerprint density at radius 2 is 1.33 bits per heavy atom. The van der Waals surface area contributed by atoms with Gasteiger partial charge in [0, 0.05) is 37.7 Å². The fourth-order valence-electron chi connectivity index (χ4n) is 0.428. The van der Waals surface area contributed by atoms with E-state index < -0.39 is 0 Å². The molecule has 0 aliphatic rings.